The third kappa shape index (κ3) is 3.14. The van der Waals surface area contributed by atoms with Crippen molar-refractivity contribution in [2.45, 2.75) is 19.5 Å². The number of rotatable bonds is 4. The molecule has 20 heavy (non-hydrogen) atoms. The minimum absolute atomic E-state index is 0.132. The molecule has 0 fully saturated rings. The lowest BCUT2D eigenvalue weighted by Gasteiger charge is -2.17. The number of pyridine rings is 1. The number of esters is 1. The van der Waals surface area contributed by atoms with Crippen LogP contribution in [-0.2, 0) is 10.9 Å². The summed E-state index contributed by atoms with van der Waals surface area (Å²) in [6.07, 6.45) is -8.05. The molecule has 4 nitrogen and oxygen atoms in total. The molecule has 0 spiro atoms. The average Bonchev–Trinajstić information content (AvgIpc) is 2.35. The van der Waals surface area contributed by atoms with E-state index in [1.807, 2.05) is 0 Å². The van der Waals surface area contributed by atoms with Crippen LogP contribution in [0, 0.1) is 0 Å². The Labute approximate surface area is 110 Å². The Bertz CT molecular complexity index is 502. The molecule has 0 saturated heterocycles. The zero-order chi connectivity index (χ0) is 15.5. The van der Waals surface area contributed by atoms with E-state index in [9.17, 15) is 26.7 Å². The molecule has 112 valence electrons. The van der Waals surface area contributed by atoms with Gasteiger partial charge in [0.25, 0.3) is 6.43 Å². The predicted molar refractivity (Wildman–Crippen MR) is 56.7 cm³/mol. The Morgan fingerprint density at radius 1 is 1.40 bits per heavy atom. The van der Waals surface area contributed by atoms with Gasteiger partial charge in [-0.2, -0.15) is 13.2 Å². The van der Waals surface area contributed by atoms with E-state index in [2.05, 4.69) is 14.5 Å². The Kier molecular flexibility index (Phi) is 4.85. The van der Waals surface area contributed by atoms with E-state index < -0.39 is 41.1 Å². The summed E-state index contributed by atoms with van der Waals surface area (Å²) in [4.78, 5) is 14.6. The molecule has 0 atom stereocenters. The van der Waals surface area contributed by atoms with Crippen LogP contribution in [0.1, 0.15) is 35.0 Å². The minimum atomic E-state index is -4.94. The number of halogens is 5. The Morgan fingerprint density at radius 2 is 2.00 bits per heavy atom. The Hall–Kier alpha value is -1.93. The summed E-state index contributed by atoms with van der Waals surface area (Å²) in [6.45, 7) is 1.29. The van der Waals surface area contributed by atoms with Crippen molar-refractivity contribution in [3.05, 3.63) is 23.0 Å². The van der Waals surface area contributed by atoms with Crippen molar-refractivity contribution in [1.29, 1.82) is 0 Å². The first-order chi connectivity index (χ1) is 9.23. The van der Waals surface area contributed by atoms with Gasteiger partial charge < -0.3 is 9.47 Å². The van der Waals surface area contributed by atoms with E-state index in [4.69, 9.17) is 0 Å². The van der Waals surface area contributed by atoms with Crippen LogP contribution in [0.3, 0.4) is 0 Å². The van der Waals surface area contributed by atoms with Crippen LogP contribution in [0.25, 0.3) is 0 Å². The van der Waals surface area contributed by atoms with Gasteiger partial charge in [0.1, 0.15) is 11.3 Å². The molecule has 1 aromatic rings. The van der Waals surface area contributed by atoms with E-state index in [1.54, 1.807) is 0 Å². The zero-order valence-electron chi connectivity index (χ0n) is 10.4. The number of ether oxygens (including phenoxy) is 2. The summed E-state index contributed by atoms with van der Waals surface area (Å²) in [6, 6.07) is 0. The van der Waals surface area contributed by atoms with Gasteiger partial charge in [-0.1, -0.05) is 0 Å². The molecular formula is C11H10F5NO3. The van der Waals surface area contributed by atoms with Crippen LogP contribution in [-0.4, -0.2) is 24.7 Å². The van der Waals surface area contributed by atoms with Crippen molar-refractivity contribution in [2.24, 2.45) is 0 Å². The molecule has 0 unspecified atom stereocenters. The molecule has 0 amide bonds. The molecule has 1 heterocycles. The lowest BCUT2D eigenvalue weighted by molar-refractivity contribution is -0.139. The van der Waals surface area contributed by atoms with Crippen LogP contribution in [0.2, 0.25) is 0 Å². The van der Waals surface area contributed by atoms with Crippen molar-refractivity contribution in [3.63, 3.8) is 0 Å². The van der Waals surface area contributed by atoms with Crippen LogP contribution in [0.5, 0.6) is 5.75 Å². The smallest absolute Gasteiger partial charge is 0.421 e. The molecule has 0 aromatic carbocycles. The molecule has 0 N–H and O–H groups in total. The molecule has 0 aliphatic rings. The molecular weight excluding hydrogens is 289 g/mol. The quantitative estimate of drug-likeness (QED) is 0.632. The van der Waals surface area contributed by atoms with Gasteiger partial charge in [0.2, 0.25) is 0 Å². The number of methoxy groups -OCH3 is 1. The SMILES string of the molecule is CCOC(=O)c1ncc(C(F)(F)F)c(OC)c1C(F)F. The van der Waals surface area contributed by atoms with Gasteiger partial charge in [0.05, 0.1) is 19.3 Å². The molecule has 0 aliphatic heterocycles. The lowest BCUT2D eigenvalue weighted by atomic mass is 10.1. The second kappa shape index (κ2) is 6.02. The maximum absolute atomic E-state index is 12.9. The van der Waals surface area contributed by atoms with E-state index in [1.165, 1.54) is 6.92 Å². The second-order valence-electron chi connectivity index (χ2n) is 3.49. The van der Waals surface area contributed by atoms with Crippen molar-refractivity contribution in [2.75, 3.05) is 13.7 Å². The summed E-state index contributed by atoms with van der Waals surface area (Å²) in [5.41, 5.74) is -3.61. The fourth-order valence-corrected chi connectivity index (χ4v) is 1.50. The zero-order valence-corrected chi connectivity index (χ0v) is 10.4. The Balaban J connectivity index is 3.54. The summed E-state index contributed by atoms with van der Waals surface area (Å²) in [5, 5.41) is 0. The van der Waals surface area contributed by atoms with Gasteiger partial charge in [-0.05, 0) is 6.92 Å². The maximum Gasteiger partial charge on any atom is 0.421 e. The third-order valence-electron chi connectivity index (χ3n) is 2.26. The molecule has 0 aliphatic carbocycles. The van der Waals surface area contributed by atoms with E-state index in [-0.39, 0.29) is 12.8 Å². The fourth-order valence-electron chi connectivity index (χ4n) is 1.50. The lowest BCUT2D eigenvalue weighted by Crippen LogP contribution is -2.16. The molecule has 9 heteroatoms. The van der Waals surface area contributed by atoms with Gasteiger partial charge in [-0.25, -0.2) is 18.6 Å². The molecule has 0 radical (unpaired) electrons. The highest BCUT2D eigenvalue weighted by Crippen LogP contribution is 2.41. The Morgan fingerprint density at radius 3 is 2.40 bits per heavy atom. The highest BCUT2D eigenvalue weighted by molar-refractivity contribution is 5.90. The van der Waals surface area contributed by atoms with Crippen molar-refractivity contribution >= 4 is 5.97 Å². The number of hydrogen-bond donors (Lipinski definition) is 0. The highest BCUT2D eigenvalue weighted by Gasteiger charge is 2.39. The second-order valence-corrected chi connectivity index (χ2v) is 3.49. The summed E-state index contributed by atoms with van der Waals surface area (Å²) >= 11 is 0. The number of carbonyl (C=O) groups is 1. The number of aromatic nitrogens is 1. The fraction of sp³-hybridized carbons (Fsp3) is 0.455. The monoisotopic (exact) mass is 299 g/mol. The van der Waals surface area contributed by atoms with E-state index >= 15 is 0 Å². The van der Waals surface area contributed by atoms with Gasteiger partial charge in [0.15, 0.2) is 5.69 Å². The first-order valence-electron chi connectivity index (χ1n) is 5.33. The van der Waals surface area contributed by atoms with Gasteiger partial charge in [0, 0.05) is 6.20 Å². The predicted octanol–water partition coefficient (Wildman–Crippen LogP) is 3.22. The van der Waals surface area contributed by atoms with Crippen LogP contribution < -0.4 is 4.74 Å². The van der Waals surface area contributed by atoms with Crippen LogP contribution >= 0.6 is 0 Å². The highest BCUT2D eigenvalue weighted by atomic mass is 19.4. The first-order valence-corrected chi connectivity index (χ1v) is 5.33. The molecule has 0 saturated carbocycles. The minimum Gasteiger partial charge on any atom is -0.495 e. The topological polar surface area (TPSA) is 48.4 Å². The van der Waals surface area contributed by atoms with Gasteiger partial charge in [-0.3, -0.25) is 0 Å². The van der Waals surface area contributed by atoms with Crippen molar-refractivity contribution < 1.29 is 36.2 Å². The molecule has 0 bridgehead atoms. The number of carbonyl (C=O) groups excluding carboxylic acids is 1. The van der Waals surface area contributed by atoms with Crippen molar-refractivity contribution in [1.82, 2.24) is 4.98 Å². The number of nitrogens with zero attached hydrogens (tertiary/aromatic N) is 1. The summed E-state index contributed by atoms with van der Waals surface area (Å²) in [7, 11) is 0.797. The van der Waals surface area contributed by atoms with Gasteiger partial charge in [-0.15, -0.1) is 0 Å². The maximum atomic E-state index is 12.9. The summed E-state index contributed by atoms with van der Waals surface area (Å²) < 4.78 is 72.8. The van der Waals surface area contributed by atoms with Gasteiger partial charge >= 0.3 is 12.1 Å². The first kappa shape index (κ1) is 16.1. The van der Waals surface area contributed by atoms with Crippen molar-refractivity contribution in [3.8, 4) is 5.75 Å². The average molecular weight is 299 g/mol. The normalized spacial score (nSPS) is 11.6. The standard InChI is InChI=1S/C11H10F5NO3/c1-3-20-10(18)7-6(9(12)13)8(19-2)5(4-17-7)11(14,15)16/h4,9H,3H2,1-2H3. The van der Waals surface area contributed by atoms with Crippen LogP contribution in [0.15, 0.2) is 6.20 Å². The largest absolute Gasteiger partial charge is 0.495 e. The molecule has 1 aromatic heterocycles. The summed E-state index contributed by atoms with van der Waals surface area (Å²) in [5.74, 6) is -2.37. The van der Waals surface area contributed by atoms with Crippen LogP contribution in [0.4, 0.5) is 22.0 Å². The molecule has 1 rings (SSSR count). The number of hydrogen-bond acceptors (Lipinski definition) is 4. The number of alkyl halides is 5. The van der Waals surface area contributed by atoms with E-state index in [0.29, 0.717) is 0 Å². The third-order valence-corrected chi connectivity index (χ3v) is 2.26. The van der Waals surface area contributed by atoms with E-state index in [0.717, 1.165) is 7.11 Å².